The summed E-state index contributed by atoms with van der Waals surface area (Å²) in [5, 5.41) is 12.0. The Kier molecular flexibility index (Phi) is 2.92. The van der Waals surface area contributed by atoms with Crippen molar-refractivity contribution in [2.45, 2.75) is 24.7 Å². The molecule has 2 aromatic rings. The van der Waals surface area contributed by atoms with Gasteiger partial charge in [0, 0.05) is 30.6 Å². The van der Waals surface area contributed by atoms with Gasteiger partial charge in [-0.3, -0.25) is 4.79 Å². The van der Waals surface area contributed by atoms with Crippen LogP contribution >= 0.6 is 11.3 Å². The number of rotatable bonds is 1. The van der Waals surface area contributed by atoms with Crippen molar-refractivity contribution in [3.05, 3.63) is 35.3 Å². The topological polar surface area (TPSA) is 58.1 Å². The second-order valence-electron chi connectivity index (χ2n) is 5.76. The quantitative estimate of drug-likeness (QED) is 0.878. The van der Waals surface area contributed by atoms with Crippen molar-refractivity contribution >= 4 is 28.1 Å². The number of fused-ring (bicyclic) bond motifs is 2. The molecule has 5 nitrogen and oxygen atoms in total. The molecule has 3 heterocycles. The molecular formula is C15H16N4OS. The minimum atomic E-state index is -0.0138. The Labute approximate surface area is 127 Å². The Morgan fingerprint density at radius 3 is 2.81 bits per heavy atom. The first-order chi connectivity index (χ1) is 10.3. The maximum atomic E-state index is 12.1. The monoisotopic (exact) mass is 300 g/mol. The fourth-order valence-electron chi connectivity index (χ4n) is 3.53. The average molecular weight is 300 g/mol. The van der Waals surface area contributed by atoms with Gasteiger partial charge in [0.25, 0.3) is 0 Å². The van der Waals surface area contributed by atoms with E-state index in [1.807, 2.05) is 12.1 Å². The molecular weight excluding hydrogens is 284 g/mol. The Hall–Kier alpha value is -1.95. The van der Waals surface area contributed by atoms with Crippen molar-refractivity contribution in [3.8, 4) is 0 Å². The normalized spacial score (nSPS) is 20.2. The van der Waals surface area contributed by atoms with E-state index in [4.69, 9.17) is 0 Å². The average Bonchev–Trinajstić information content (AvgIpc) is 3.02. The highest BCUT2D eigenvalue weighted by molar-refractivity contribution is 7.13. The maximum absolute atomic E-state index is 12.1. The number of hydrogen-bond acceptors (Lipinski definition) is 5. The highest BCUT2D eigenvalue weighted by Crippen LogP contribution is 2.45. The van der Waals surface area contributed by atoms with E-state index in [2.05, 4.69) is 32.5 Å². The van der Waals surface area contributed by atoms with Crippen LogP contribution in [0.15, 0.2) is 29.8 Å². The predicted octanol–water partition coefficient (Wildman–Crippen LogP) is 2.42. The third-order valence-electron chi connectivity index (χ3n) is 4.61. The van der Waals surface area contributed by atoms with Gasteiger partial charge in [-0.25, -0.2) is 0 Å². The van der Waals surface area contributed by atoms with E-state index in [0.717, 1.165) is 36.8 Å². The highest BCUT2D eigenvalue weighted by atomic mass is 32.1. The summed E-state index contributed by atoms with van der Waals surface area (Å²) in [4.78, 5) is 14.3. The first-order valence-corrected chi connectivity index (χ1v) is 8.05. The summed E-state index contributed by atoms with van der Waals surface area (Å²) in [7, 11) is 0. The van der Waals surface area contributed by atoms with Gasteiger partial charge in [-0.1, -0.05) is 29.5 Å². The smallest absolute Gasteiger partial charge is 0.225 e. The molecule has 1 amide bonds. The Balaban J connectivity index is 1.63. The van der Waals surface area contributed by atoms with Crippen LogP contribution in [0.3, 0.4) is 0 Å². The van der Waals surface area contributed by atoms with Crippen LogP contribution in [0.2, 0.25) is 0 Å². The molecule has 0 saturated carbocycles. The third kappa shape index (κ3) is 2.10. The number of para-hydroxylation sites is 1. The van der Waals surface area contributed by atoms with Crippen LogP contribution in [-0.4, -0.2) is 29.2 Å². The molecule has 0 radical (unpaired) electrons. The molecule has 6 heteroatoms. The Bertz CT molecular complexity index is 662. The lowest BCUT2D eigenvalue weighted by Crippen LogP contribution is -2.46. The standard InChI is InChI=1S/C15H16N4OS/c20-13-9-15(11-3-1-2-4-12(11)17-13)5-7-19(8-6-15)14-18-16-10-21-14/h1-4,10H,5-9H2,(H,17,20). The van der Waals surface area contributed by atoms with Crippen molar-refractivity contribution in [2.24, 2.45) is 0 Å². The molecule has 108 valence electrons. The molecule has 4 rings (SSSR count). The molecule has 2 aliphatic rings. The molecule has 1 saturated heterocycles. The number of hydrogen-bond donors (Lipinski definition) is 1. The van der Waals surface area contributed by atoms with E-state index in [0.29, 0.717) is 6.42 Å². The summed E-state index contributed by atoms with van der Waals surface area (Å²) in [6, 6.07) is 8.21. The van der Waals surface area contributed by atoms with Crippen molar-refractivity contribution in [3.63, 3.8) is 0 Å². The van der Waals surface area contributed by atoms with E-state index in [9.17, 15) is 4.79 Å². The SMILES string of the molecule is O=C1CC2(CCN(c3nncs3)CC2)c2ccccc2N1. The largest absolute Gasteiger partial charge is 0.347 e. The van der Waals surface area contributed by atoms with Gasteiger partial charge in [0.1, 0.15) is 5.51 Å². The van der Waals surface area contributed by atoms with E-state index >= 15 is 0 Å². The van der Waals surface area contributed by atoms with Gasteiger partial charge >= 0.3 is 0 Å². The van der Waals surface area contributed by atoms with Crippen LogP contribution in [0, 0.1) is 0 Å². The zero-order valence-electron chi connectivity index (χ0n) is 11.6. The number of benzene rings is 1. The minimum Gasteiger partial charge on any atom is -0.347 e. The van der Waals surface area contributed by atoms with Crippen LogP contribution in [0.1, 0.15) is 24.8 Å². The predicted molar refractivity (Wildman–Crippen MR) is 82.7 cm³/mol. The fraction of sp³-hybridized carbons (Fsp3) is 0.400. The van der Waals surface area contributed by atoms with Gasteiger partial charge < -0.3 is 10.2 Å². The second kappa shape index (κ2) is 4.80. The van der Waals surface area contributed by atoms with Gasteiger partial charge in [0.05, 0.1) is 0 Å². The summed E-state index contributed by atoms with van der Waals surface area (Å²) in [5.41, 5.74) is 4.03. The summed E-state index contributed by atoms with van der Waals surface area (Å²) in [5.74, 6) is 0.137. The van der Waals surface area contributed by atoms with Crippen LogP contribution in [0.5, 0.6) is 0 Å². The number of piperidine rings is 1. The lowest BCUT2D eigenvalue weighted by Gasteiger charge is -2.44. The van der Waals surface area contributed by atoms with E-state index in [-0.39, 0.29) is 11.3 Å². The molecule has 21 heavy (non-hydrogen) atoms. The van der Waals surface area contributed by atoms with Crippen LogP contribution < -0.4 is 10.2 Å². The summed E-state index contributed by atoms with van der Waals surface area (Å²) >= 11 is 1.58. The van der Waals surface area contributed by atoms with Crippen molar-refractivity contribution in [1.82, 2.24) is 10.2 Å². The Morgan fingerprint density at radius 2 is 2.05 bits per heavy atom. The molecule has 1 spiro atoms. The van der Waals surface area contributed by atoms with Crippen molar-refractivity contribution in [1.29, 1.82) is 0 Å². The van der Waals surface area contributed by atoms with E-state index in [1.54, 1.807) is 16.8 Å². The van der Waals surface area contributed by atoms with E-state index in [1.165, 1.54) is 5.56 Å². The summed E-state index contributed by atoms with van der Waals surface area (Å²) in [6.07, 6.45) is 2.56. The molecule has 0 bridgehead atoms. The molecule has 1 fully saturated rings. The number of nitrogens with zero attached hydrogens (tertiary/aromatic N) is 3. The van der Waals surface area contributed by atoms with E-state index < -0.39 is 0 Å². The first kappa shape index (κ1) is 12.8. The lowest BCUT2D eigenvalue weighted by atomic mass is 9.68. The van der Waals surface area contributed by atoms with Gasteiger partial charge in [0.2, 0.25) is 11.0 Å². The number of anilines is 2. The summed E-state index contributed by atoms with van der Waals surface area (Å²) < 4.78 is 0. The second-order valence-corrected chi connectivity index (χ2v) is 6.57. The van der Waals surface area contributed by atoms with Gasteiger partial charge in [-0.05, 0) is 24.5 Å². The number of amides is 1. The van der Waals surface area contributed by atoms with Crippen LogP contribution in [0.25, 0.3) is 0 Å². The zero-order chi connectivity index (χ0) is 14.3. The molecule has 0 unspecified atom stereocenters. The van der Waals surface area contributed by atoms with Gasteiger partial charge in [0.15, 0.2) is 0 Å². The molecule has 2 aliphatic heterocycles. The van der Waals surface area contributed by atoms with Crippen molar-refractivity contribution < 1.29 is 4.79 Å². The molecule has 1 aromatic heterocycles. The van der Waals surface area contributed by atoms with Gasteiger partial charge in [-0.2, -0.15) is 0 Å². The Morgan fingerprint density at radius 1 is 1.24 bits per heavy atom. The minimum absolute atomic E-state index is 0.0138. The molecule has 1 N–H and O–H groups in total. The first-order valence-electron chi connectivity index (χ1n) is 7.17. The molecule has 0 atom stereocenters. The highest BCUT2D eigenvalue weighted by Gasteiger charge is 2.42. The van der Waals surface area contributed by atoms with Crippen molar-refractivity contribution in [2.75, 3.05) is 23.3 Å². The number of nitrogens with one attached hydrogen (secondary N) is 1. The van der Waals surface area contributed by atoms with Gasteiger partial charge in [-0.15, -0.1) is 10.2 Å². The number of aromatic nitrogens is 2. The number of carbonyl (C=O) groups excluding carboxylic acids is 1. The third-order valence-corrected chi connectivity index (χ3v) is 5.36. The van der Waals surface area contributed by atoms with Crippen LogP contribution in [-0.2, 0) is 10.2 Å². The molecule has 0 aliphatic carbocycles. The lowest BCUT2D eigenvalue weighted by molar-refractivity contribution is -0.118. The zero-order valence-corrected chi connectivity index (χ0v) is 12.4. The molecule has 1 aromatic carbocycles. The fourth-order valence-corrected chi connectivity index (χ4v) is 4.14. The number of carbonyl (C=O) groups is 1. The maximum Gasteiger partial charge on any atom is 0.225 e. The van der Waals surface area contributed by atoms with Crippen LogP contribution in [0.4, 0.5) is 10.8 Å². The summed E-state index contributed by atoms with van der Waals surface area (Å²) in [6.45, 7) is 1.85.